The number of carbonyl (C=O) groups is 1. The Kier molecular flexibility index (Phi) is 7.88. The minimum Gasteiger partial charge on any atom is -0.352 e. The summed E-state index contributed by atoms with van der Waals surface area (Å²) in [5, 5.41) is 2.91. The zero-order valence-corrected chi connectivity index (χ0v) is 20.8. The largest absolute Gasteiger partial charge is 0.352 e. The lowest BCUT2D eigenvalue weighted by atomic mass is 10.1. The number of amides is 1. The Labute approximate surface area is 202 Å². The van der Waals surface area contributed by atoms with E-state index in [2.05, 4.69) is 22.5 Å². The quantitative estimate of drug-likeness (QED) is 0.479. The van der Waals surface area contributed by atoms with Gasteiger partial charge in [-0.3, -0.25) is 14.2 Å². The molecule has 1 saturated heterocycles. The highest BCUT2D eigenvalue weighted by molar-refractivity contribution is 5.77. The van der Waals surface area contributed by atoms with Gasteiger partial charge in [-0.15, -0.1) is 0 Å². The van der Waals surface area contributed by atoms with E-state index in [0.717, 1.165) is 29.7 Å². The number of likely N-dealkylation sites (tertiary alicyclic amines) is 1. The van der Waals surface area contributed by atoms with Gasteiger partial charge < -0.3 is 14.6 Å². The Morgan fingerprint density at radius 3 is 2.59 bits per heavy atom. The first-order valence-electron chi connectivity index (χ1n) is 12.7. The van der Waals surface area contributed by atoms with Gasteiger partial charge >= 0.3 is 0 Å². The van der Waals surface area contributed by atoms with Crippen molar-refractivity contribution in [1.82, 2.24) is 19.2 Å². The van der Waals surface area contributed by atoms with E-state index in [1.165, 1.54) is 50.9 Å². The number of benzene rings is 1. The first kappa shape index (κ1) is 24.3. The fraction of sp³-hybridized carbons (Fsp3) is 0.500. The van der Waals surface area contributed by atoms with Crippen molar-refractivity contribution in [3.8, 4) is 11.3 Å². The van der Waals surface area contributed by atoms with E-state index < -0.39 is 0 Å². The number of rotatable bonds is 9. The van der Waals surface area contributed by atoms with Crippen LogP contribution in [0.2, 0.25) is 0 Å². The van der Waals surface area contributed by atoms with Crippen LogP contribution in [0.4, 0.5) is 0 Å². The summed E-state index contributed by atoms with van der Waals surface area (Å²) in [6, 6.07) is 10.1. The average Bonchev–Trinajstić information content (AvgIpc) is 3.22. The third-order valence-corrected chi connectivity index (χ3v) is 6.63. The lowest BCUT2D eigenvalue weighted by molar-refractivity contribution is -0.122. The molecule has 0 radical (unpaired) electrons. The first-order valence-corrected chi connectivity index (χ1v) is 12.7. The summed E-state index contributed by atoms with van der Waals surface area (Å²) in [5.41, 5.74) is 4.48. The smallest absolute Gasteiger partial charge is 0.275 e. The Bertz CT molecular complexity index is 1180. The van der Waals surface area contributed by atoms with Crippen LogP contribution in [0.25, 0.3) is 16.8 Å². The molecule has 1 fully saturated rings. The summed E-state index contributed by atoms with van der Waals surface area (Å²) < 4.78 is 3.55. The van der Waals surface area contributed by atoms with Gasteiger partial charge in [-0.2, -0.15) is 0 Å². The molecule has 3 heterocycles. The minimum absolute atomic E-state index is 0.00708. The molecule has 1 aromatic carbocycles. The molecule has 1 aliphatic heterocycles. The zero-order valence-electron chi connectivity index (χ0n) is 20.8. The van der Waals surface area contributed by atoms with Crippen LogP contribution in [0.5, 0.6) is 0 Å². The van der Waals surface area contributed by atoms with Gasteiger partial charge in [-0.05, 0) is 90.2 Å². The van der Waals surface area contributed by atoms with Gasteiger partial charge in [0.1, 0.15) is 12.1 Å². The number of hydrogen-bond donors (Lipinski definition) is 1. The molecule has 1 aliphatic rings. The summed E-state index contributed by atoms with van der Waals surface area (Å²) >= 11 is 0. The lowest BCUT2D eigenvalue weighted by Gasteiger charge is -2.26. The van der Waals surface area contributed by atoms with Crippen LogP contribution in [0.15, 0.2) is 47.5 Å². The topological polar surface area (TPSA) is 58.8 Å². The molecule has 0 unspecified atom stereocenters. The van der Waals surface area contributed by atoms with Gasteiger partial charge in [0.05, 0.1) is 5.69 Å². The van der Waals surface area contributed by atoms with Crippen molar-refractivity contribution in [2.45, 2.75) is 71.9 Å². The normalized spacial score (nSPS) is 14.7. The molecule has 3 aromatic rings. The molecule has 0 saturated carbocycles. The molecule has 1 amide bonds. The maximum absolute atomic E-state index is 13.5. The average molecular weight is 463 g/mol. The molecule has 0 atom stereocenters. The number of aromatic nitrogens is 2. The van der Waals surface area contributed by atoms with Crippen LogP contribution in [-0.4, -0.2) is 45.5 Å². The van der Waals surface area contributed by atoms with Gasteiger partial charge in [0.15, 0.2) is 0 Å². The highest BCUT2D eigenvalue weighted by atomic mass is 16.2. The monoisotopic (exact) mass is 462 g/mol. The van der Waals surface area contributed by atoms with Crippen molar-refractivity contribution in [3.05, 3.63) is 64.2 Å². The van der Waals surface area contributed by atoms with Crippen molar-refractivity contribution in [1.29, 1.82) is 0 Å². The molecule has 0 spiro atoms. The van der Waals surface area contributed by atoms with Crippen molar-refractivity contribution in [2.24, 2.45) is 0 Å². The van der Waals surface area contributed by atoms with Crippen LogP contribution in [-0.2, 0) is 17.8 Å². The van der Waals surface area contributed by atoms with E-state index in [0.29, 0.717) is 5.52 Å². The molecule has 182 valence electrons. The predicted molar refractivity (Wildman–Crippen MR) is 138 cm³/mol. The van der Waals surface area contributed by atoms with Gasteiger partial charge in [0, 0.05) is 24.0 Å². The Morgan fingerprint density at radius 2 is 1.85 bits per heavy atom. The van der Waals surface area contributed by atoms with E-state index >= 15 is 0 Å². The number of nitrogens with zero attached hydrogens (tertiary/aromatic N) is 3. The number of piperidine rings is 1. The van der Waals surface area contributed by atoms with Crippen LogP contribution in [0, 0.1) is 6.92 Å². The van der Waals surface area contributed by atoms with Crippen LogP contribution >= 0.6 is 0 Å². The van der Waals surface area contributed by atoms with Crippen molar-refractivity contribution in [3.63, 3.8) is 0 Å². The predicted octanol–water partition coefficient (Wildman–Crippen LogP) is 4.41. The summed E-state index contributed by atoms with van der Waals surface area (Å²) in [4.78, 5) is 28.7. The number of aryl methyl sites for hydroxylation is 2. The highest BCUT2D eigenvalue weighted by Gasteiger charge is 2.16. The number of carbonyl (C=O) groups excluding carboxylic acids is 1. The molecule has 2 aromatic heterocycles. The van der Waals surface area contributed by atoms with Gasteiger partial charge in [0.25, 0.3) is 5.56 Å². The van der Waals surface area contributed by atoms with Crippen molar-refractivity contribution < 1.29 is 4.79 Å². The maximum Gasteiger partial charge on any atom is 0.275 e. The Morgan fingerprint density at radius 1 is 1.06 bits per heavy atom. The van der Waals surface area contributed by atoms with E-state index in [-0.39, 0.29) is 24.1 Å². The summed E-state index contributed by atoms with van der Waals surface area (Å²) in [7, 11) is 0. The lowest BCUT2D eigenvalue weighted by Crippen LogP contribution is -2.36. The molecule has 0 bridgehead atoms. The molecule has 0 aliphatic carbocycles. The molecule has 4 rings (SSSR count). The van der Waals surface area contributed by atoms with Gasteiger partial charge in [-0.1, -0.05) is 30.2 Å². The molecular weight excluding hydrogens is 424 g/mol. The molecule has 6 nitrogen and oxygen atoms in total. The van der Waals surface area contributed by atoms with E-state index in [1.54, 1.807) is 4.57 Å². The summed E-state index contributed by atoms with van der Waals surface area (Å²) in [6.07, 6.45) is 11.4. The third-order valence-electron chi connectivity index (χ3n) is 6.63. The standard InChI is InChI=1S/C28H38N4O2/c1-21(2)29-27(33)20-32-26(24-12-9-10-22(3)16-24)19-31-18-23(17-25(31)28(32)34)11-5-8-15-30-13-6-4-7-14-30/h9-10,12,16-19,21H,4-8,11,13-15,20H2,1-3H3,(H,29,33). The SMILES string of the molecule is Cc1cccc(-c2cn3cc(CCCCN4CCCCC4)cc3c(=O)n2CC(=O)NC(C)C)c1. The van der Waals surface area contributed by atoms with E-state index in [1.807, 2.05) is 55.6 Å². The maximum atomic E-state index is 13.5. The molecule has 34 heavy (non-hydrogen) atoms. The second-order valence-electron chi connectivity index (χ2n) is 10.00. The van der Waals surface area contributed by atoms with E-state index in [4.69, 9.17) is 0 Å². The minimum atomic E-state index is -0.153. The zero-order chi connectivity index (χ0) is 24.1. The molecule has 6 heteroatoms. The highest BCUT2D eigenvalue weighted by Crippen LogP contribution is 2.21. The molecule has 1 N–H and O–H groups in total. The van der Waals surface area contributed by atoms with Crippen LogP contribution in [0.1, 0.15) is 57.1 Å². The fourth-order valence-corrected chi connectivity index (χ4v) is 4.95. The Hall–Kier alpha value is -2.86. The second kappa shape index (κ2) is 11.0. The van der Waals surface area contributed by atoms with Gasteiger partial charge in [-0.25, -0.2) is 0 Å². The number of unbranched alkanes of at least 4 members (excludes halogenated alkanes) is 1. The number of nitrogens with one attached hydrogen (secondary N) is 1. The van der Waals surface area contributed by atoms with Crippen molar-refractivity contribution in [2.75, 3.05) is 19.6 Å². The summed E-state index contributed by atoms with van der Waals surface area (Å²) in [5.74, 6) is -0.153. The van der Waals surface area contributed by atoms with Crippen molar-refractivity contribution >= 4 is 11.4 Å². The van der Waals surface area contributed by atoms with Crippen LogP contribution in [0.3, 0.4) is 0 Å². The Balaban J connectivity index is 1.58. The summed E-state index contributed by atoms with van der Waals surface area (Å²) in [6.45, 7) is 9.54. The number of hydrogen-bond acceptors (Lipinski definition) is 3. The van der Waals surface area contributed by atoms with Crippen LogP contribution < -0.4 is 10.9 Å². The molecular formula is C28H38N4O2. The fourth-order valence-electron chi connectivity index (χ4n) is 4.95. The first-order chi connectivity index (χ1) is 16.4. The van der Waals surface area contributed by atoms with Gasteiger partial charge in [0.2, 0.25) is 5.91 Å². The number of fused-ring (bicyclic) bond motifs is 1. The van der Waals surface area contributed by atoms with E-state index in [9.17, 15) is 9.59 Å². The third kappa shape index (κ3) is 5.98. The second-order valence-corrected chi connectivity index (χ2v) is 10.00.